The van der Waals surface area contributed by atoms with Gasteiger partial charge >= 0.3 is 0 Å². The Morgan fingerprint density at radius 1 is 0.892 bits per heavy atom. The number of hydrogen-bond donors (Lipinski definition) is 1. The van der Waals surface area contributed by atoms with E-state index in [0.29, 0.717) is 34.4 Å². The van der Waals surface area contributed by atoms with E-state index in [1.165, 1.54) is 14.2 Å². The summed E-state index contributed by atoms with van der Waals surface area (Å²) in [6, 6.07) is 8.93. The van der Waals surface area contributed by atoms with Crippen LogP contribution in [-0.2, 0) is 10.0 Å². The van der Waals surface area contributed by atoms with Gasteiger partial charge in [-0.1, -0.05) is 13.0 Å². The smallest absolute Gasteiger partial charge is 0.243 e. The SMILES string of the molecule is COc1cccc(OC)c1-n1c(NS(=O)(=O)[C@@H](C)[C@H](C)c2ncc(C)cn2)nnc1-c1ccc(C)nc1. The van der Waals surface area contributed by atoms with Gasteiger partial charge in [-0.25, -0.2) is 18.4 Å². The number of anilines is 1. The highest BCUT2D eigenvalue weighted by Crippen LogP contribution is 2.38. The van der Waals surface area contributed by atoms with Gasteiger partial charge in [0.05, 0.1) is 19.5 Å². The van der Waals surface area contributed by atoms with E-state index >= 15 is 0 Å². The van der Waals surface area contributed by atoms with Crippen molar-refractivity contribution in [3.63, 3.8) is 0 Å². The summed E-state index contributed by atoms with van der Waals surface area (Å²) in [4.78, 5) is 13.0. The largest absolute Gasteiger partial charge is 0.494 e. The monoisotopic (exact) mass is 523 g/mol. The summed E-state index contributed by atoms with van der Waals surface area (Å²) in [6.07, 6.45) is 4.98. The van der Waals surface area contributed by atoms with E-state index in [0.717, 1.165) is 11.3 Å². The second kappa shape index (κ2) is 10.5. The molecule has 3 heterocycles. The lowest BCUT2D eigenvalue weighted by molar-refractivity contribution is 0.391. The van der Waals surface area contributed by atoms with Crippen LogP contribution in [-0.4, -0.2) is 57.6 Å². The normalized spacial score (nSPS) is 13.1. The van der Waals surface area contributed by atoms with Gasteiger partial charge in [0.2, 0.25) is 16.0 Å². The van der Waals surface area contributed by atoms with Crippen molar-refractivity contribution in [1.29, 1.82) is 0 Å². The molecule has 0 aliphatic rings. The Morgan fingerprint density at radius 2 is 1.54 bits per heavy atom. The van der Waals surface area contributed by atoms with Crippen LogP contribution in [0, 0.1) is 13.8 Å². The Bertz CT molecular complexity index is 1460. The van der Waals surface area contributed by atoms with Gasteiger partial charge in [0.15, 0.2) is 5.82 Å². The van der Waals surface area contributed by atoms with Crippen LogP contribution in [0.15, 0.2) is 48.9 Å². The van der Waals surface area contributed by atoms with Crippen LogP contribution in [0.5, 0.6) is 11.5 Å². The van der Waals surface area contributed by atoms with E-state index in [2.05, 4.69) is 29.9 Å². The molecule has 4 aromatic rings. The lowest BCUT2D eigenvalue weighted by Crippen LogP contribution is -2.31. The number of methoxy groups -OCH3 is 2. The van der Waals surface area contributed by atoms with E-state index in [-0.39, 0.29) is 5.95 Å². The number of ether oxygens (including phenoxy) is 2. The van der Waals surface area contributed by atoms with Crippen LogP contribution in [0.25, 0.3) is 17.1 Å². The van der Waals surface area contributed by atoms with Crippen LogP contribution in [0.4, 0.5) is 5.95 Å². The third-order valence-electron chi connectivity index (χ3n) is 6.09. The van der Waals surface area contributed by atoms with Gasteiger partial charge in [-0.2, -0.15) is 0 Å². The molecule has 11 nitrogen and oxygen atoms in total. The third kappa shape index (κ3) is 5.24. The number of benzene rings is 1. The zero-order chi connectivity index (χ0) is 26.7. The van der Waals surface area contributed by atoms with Crippen molar-refractivity contribution in [2.75, 3.05) is 18.9 Å². The van der Waals surface area contributed by atoms with Gasteiger partial charge in [0, 0.05) is 35.8 Å². The first kappa shape index (κ1) is 26.0. The van der Waals surface area contributed by atoms with Crippen LogP contribution < -0.4 is 14.2 Å². The molecule has 0 saturated carbocycles. The minimum Gasteiger partial charge on any atom is -0.494 e. The highest BCUT2D eigenvalue weighted by molar-refractivity contribution is 7.93. The molecule has 2 atom stereocenters. The van der Waals surface area contributed by atoms with Gasteiger partial charge in [0.1, 0.15) is 23.0 Å². The van der Waals surface area contributed by atoms with Crippen molar-refractivity contribution in [3.8, 4) is 28.6 Å². The Labute approximate surface area is 216 Å². The molecule has 0 amide bonds. The highest BCUT2D eigenvalue weighted by Gasteiger charge is 2.32. The van der Waals surface area contributed by atoms with Crippen molar-refractivity contribution in [2.24, 2.45) is 0 Å². The zero-order valence-corrected chi connectivity index (χ0v) is 22.3. The van der Waals surface area contributed by atoms with E-state index in [9.17, 15) is 8.42 Å². The molecule has 0 unspecified atom stereocenters. The number of nitrogens with zero attached hydrogens (tertiary/aromatic N) is 6. The van der Waals surface area contributed by atoms with E-state index in [1.807, 2.05) is 26.0 Å². The predicted molar refractivity (Wildman–Crippen MR) is 140 cm³/mol. The lowest BCUT2D eigenvalue weighted by atomic mass is 10.1. The maximum absolute atomic E-state index is 13.5. The second-order valence-electron chi connectivity index (χ2n) is 8.64. The molecule has 37 heavy (non-hydrogen) atoms. The fourth-order valence-corrected chi connectivity index (χ4v) is 4.97. The molecule has 0 radical (unpaired) electrons. The van der Waals surface area contributed by atoms with Gasteiger partial charge in [-0.05, 0) is 50.6 Å². The summed E-state index contributed by atoms with van der Waals surface area (Å²) >= 11 is 0. The van der Waals surface area contributed by atoms with Crippen molar-refractivity contribution in [3.05, 3.63) is 66.0 Å². The molecular weight excluding hydrogens is 494 g/mol. The van der Waals surface area contributed by atoms with Crippen LogP contribution in [0.3, 0.4) is 0 Å². The Balaban J connectivity index is 1.82. The molecule has 194 valence electrons. The van der Waals surface area contributed by atoms with Gasteiger partial charge in [-0.15, -0.1) is 10.2 Å². The maximum Gasteiger partial charge on any atom is 0.243 e. The number of pyridine rings is 1. The van der Waals surface area contributed by atoms with E-state index < -0.39 is 21.2 Å². The maximum atomic E-state index is 13.5. The first-order valence-corrected chi connectivity index (χ1v) is 13.1. The van der Waals surface area contributed by atoms with Crippen LogP contribution in [0.1, 0.15) is 36.8 Å². The Morgan fingerprint density at radius 3 is 2.11 bits per heavy atom. The first-order chi connectivity index (χ1) is 17.7. The highest BCUT2D eigenvalue weighted by atomic mass is 32.2. The summed E-state index contributed by atoms with van der Waals surface area (Å²) in [6.45, 7) is 7.12. The van der Waals surface area contributed by atoms with Gasteiger partial charge in [-0.3, -0.25) is 14.3 Å². The fraction of sp³-hybridized carbons (Fsp3) is 0.320. The lowest BCUT2D eigenvalue weighted by Gasteiger charge is -2.21. The minimum atomic E-state index is -3.97. The summed E-state index contributed by atoms with van der Waals surface area (Å²) in [7, 11) is -0.929. The number of sulfonamides is 1. The topological polar surface area (TPSA) is 134 Å². The summed E-state index contributed by atoms with van der Waals surface area (Å²) in [5.74, 6) is 1.15. The molecule has 3 aromatic heterocycles. The molecule has 0 fully saturated rings. The molecule has 4 rings (SSSR count). The van der Waals surface area contributed by atoms with Gasteiger partial charge in [0.25, 0.3) is 0 Å². The summed E-state index contributed by atoms with van der Waals surface area (Å²) < 4.78 is 42.5. The zero-order valence-electron chi connectivity index (χ0n) is 21.5. The van der Waals surface area contributed by atoms with Crippen molar-refractivity contribution < 1.29 is 17.9 Å². The average molecular weight is 524 g/mol. The summed E-state index contributed by atoms with van der Waals surface area (Å²) in [5.41, 5.74) is 2.78. The molecule has 0 aliphatic heterocycles. The van der Waals surface area contributed by atoms with Crippen LogP contribution in [0.2, 0.25) is 0 Å². The fourth-order valence-electron chi connectivity index (χ4n) is 3.74. The molecule has 0 aliphatic carbocycles. The standard InChI is InChI=1S/C25H29N7O4S/c1-15-12-27-23(28-13-15)17(3)18(4)37(33,34)31-25-30-29-24(19-11-10-16(2)26-14-19)32(25)22-20(35-5)8-7-9-21(22)36-6/h7-14,17-18H,1-6H3,(H,30,31)/t17-,18-/m0/s1. The number of nitrogens with one attached hydrogen (secondary N) is 1. The van der Waals surface area contributed by atoms with Crippen LogP contribution >= 0.6 is 0 Å². The molecule has 1 N–H and O–H groups in total. The minimum absolute atomic E-state index is 0.0257. The first-order valence-electron chi connectivity index (χ1n) is 11.6. The molecule has 0 bridgehead atoms. The van der Waals surface area contributed by atoms with Gasteiger partial charge < -0.3 is 9.47 Å². The average Bonchev–Trinajstić information content (AvgIpc) is 3.30. The van der Waals surface area contributed by atoms with Crippen molar-refractivity contribution >= 4 is 16.0 Å². The Kier molecular flexibility index (Phi) is 7.39. The number of para-hydroxylation sites is 1. The molecular formula is C25H29N7O4S. The molecule has 1 aromatic carbocycles. The predicted octanol–water partition coefficient (Wildman–Crippen LogP) is 3.69. The van der Waals surface area contributed by atoms with E-state index in [1.54, 1.807) is 55.2 Å². The molecule has 0 saturated heterocycles. The quantitative estimate of drug-likeness (QED) is 0.348. The third-order valence-corrected chi connectivity index (χ3v) is 7.95. The Hall–Kier alpha value is -4.06. The van der Waals surface area contributed by atoms with Crippen molar-refractivity contribution in [2.45, 2.75) is 38.9 Å². The second-order valence-corrected chi connectivity index (χ2v) is 10.7. The number of rotatable bonds is 9. The van der Waals surface area contributed by atoms with Crippen molar-refractivity contribution in [1.82, 2.24) is 29.7 Å². The summed E-state index contributed by atoms with van der Waals surface area (Å²) in [5, 5.41) is 7.63. The number of aryl methyl sites for hydroxylation is 2. The van der Waals surface area contributed by atoms with E-state index in [4.69, 9.17) is 9.47 Å². The number of hydrogen-bond acceptors (Lipinski definition) is 9. The molecule has 12 heteroatoms. The molecule has 0 spiro atoms. The number of aromatic nitrogens is 6.